The predicted octanol–water partition coefficient (Wildman–Crippen LogP) is 0.671. The molecule has 0 aromatic carbocycles. The van der Waals surface area contributed by atoms with Crippen molar-refractivity contribution in [3.05, 3.63) is 11.8 Å². The first-order valence-corrected chi connectivity index (χ1v) is 5.40. The van der Waals surface area contributed by atoms with E-state index in [0.29, 0.717) is 5.56 Å². The quantitative estimate of drug-likeness (QED) is 0.824. The molecule has 1 aromatic rings. The minimum Gasteiger partial charge on any atom is -0.382 e. The van der Waals surface area contributed by atoms with Gasteiger partial charge in [-0.2, -0.15) is 5.10 Å². The van der Waals surface area contributed by atoms with E-state index in [9.17, 15) is 9.18 Å². The second-order valence-electron chi connectivity index (χ2n) is 3.88. The zero-order chi connectivity index (χ0) is 11.5. The summed E-state index contributed by atoms with van der Waals surface area (Å²) in [5.74, 6) is 0.0884. The Kier molecular flexibility index (Phi) is 3.07. The lowest BCUT2D eigenvalue weighted by Crippen LogP contribution is -2.27. The molecule has 1 aliphatic rings. The maximum absolute atomic E-state index is 12.1. The predicted molar refractivity (Wildman–Crippen MR) is 57.8 cm³/mol. The van der Waals surface area contributed by atoms with Crippen molar-refractivity contribution in [1.82, 2.24) is 14.7 Å². The van der Waals surface area contributed by atoms with Gasteiger partial charge in [0.05, 0.1) is 6.54 Å². The molecule has 1 fully saturated rings. The van der Waals surface area contributed by atoms with E-state index in [0.717, 1.165) is 25.9 Å². The molecule has 6 heteroatoms. The van der Waals surface area contributed by atoms with Gasteiger partial charge in [-0.1, -0.05) is 0 Å². The maximum atomic E-state index is 12.1. The number of amides is 1. The van der Waals surface area contributed by atoms with Gasteiger partial charge in [0.25, 0.3) is 5.91 Å². The van der Waals surface area contributed by atoms with Gasteiger partial charge in [-0.15, -0.1) is 0 Å². The number of nitrogen functional groups attached to an aromatic ring is 1. The fourth-order valence-corrected chi connectivity index (χ4v) is 1.89. The van der Waals surface area contributed by atoms with Gasteiger partial charge in [-0.25, -0.2) is 4.39 Å². The first-order chi connectivity index (χ1) is 7.72. The Labute approximate surface area is 93.0 Å². The average molecular weight is 226 g/mol. The normalized spacial score (nSPS) is 15.7. The van der Waals surface area contributed by atoms with Gasteiger partial charge in [0.2, 0.25) is 0 Å². The summed E-state index contributed by atoms with van der Waals surface area (Å²) in [5, 5.41) is 3.90. The van der Waals surface area contributed by atoms with E-state index in [4.69, 9.17) is 5.73 Å². The van der Waals surface area contributed by atoms with E-state index in [2.05, 4.69) is 5.10 Å². The number of likely N-dealkylation sites (tertiary alicyclic amines) is 1. The zero-order valence-corrected chi connectivity index (χ0v) is 9.03. The number of hydrogen-bond donors (Lipinski definition) is 1. The molecule has 1 aliphatic heterocycles. The summed E-state index contributed by atoms with van der Waals surface area (Å²) in [6, 6.07) is 0. The molecule has 0 radical (unpaired) electrons. The van der Waals surface area contributed by atoms with Crippen molar-refractivity contribution >= 4 is 11.7 Å². The van der Waals surface area contributed by atoms with Crippen molar-refractivity contribution in [1.29, 1.82) is 0 Å². The molecule has 1 amide bonds. The van der Waals surface area contributed by atoms with Crippen LogP contribution in [0.1, 0.15) is 23.2 Å². The standard InChI is InChI=1S/C10H15FN4O/c11-3-6-15-7-8(9(12)13-15)10(16)14-4-1-2-5-14/h7H,1-6H2,(H2,12,13). The summed E-state index contributed by atoms with van der Waals surface area (Å²) in [7, 11) is 0. The van der Waals surface area contributed by atoms with Crippen LogP contribution in [0.5, 0.6) is 0 Å². The number of alkyl halides is 1. The molecular formula is C10H15FN4O. The fourth-order valence-electron chi connectivity index (χ4n) is 1.89. The Morgan fingerprint density at radius 1 is 1.50 bits per heavy atom. The van der Waals surface area contributed by atoms with Gasteiger partial charge < -0.3 is 10.6 Å². The third-order valence-corrected chi connectivity index (χ3v) is 2.73. The van der Waals surface area contributed by atoms with Crippen LogP contribution in [0.3, 0.4) is 0 Å². The molecule has 0 saturated carbocycles. The molecule has 5 nitrogen and oxygen atoms in total. The Balaban J connectivity index is 2.15. The minimum absolute atomic E-state index is 0.0971. The summed E-state index contributed by atoms with van der Waals surface area (Å²) in [6.45, 7) is 1.16. The van der Waals surface area contributed by atoms with Gasteiger partial charge in [-0.3, -0.25) is 9.48 Å². The highest BCUT2D eigenvalue weighted by Gasteiger charge is 2.23. The van der Waals surface area contributed by atoms with E-state index < -0.39 is 6.67 Å². The smallest absolute Gasteiger partial charge is 0.259 e. The average Bonchev–Trinajstić information content (AvgIpc) is 2.87. The summed E-state index contributed by atoms with van der Waals surface area (Å²) in [6.07, 6.45) is 3.59. The number of nitrogens with zero attached hydrogens (tertiary/aromatic N) is 3. The van der Waals surface area contributed by atoms with Crippen molar-refractivity contribution in [2.24, 2.45) is 0 Å². The van der Waals surface area contributed by atoms with Crippen LogP contribution in [0.4, 0.5) is 10.2 Å². The number of nitrogens with two attached hydrogens (primary N) is 1. The van der Waals surface area contributed by atoms with Gasteiger partial charge in [0.15, 0.2) is 5.82 Å². The van der Waals surface area contributed by atoms with Crippen LogP contribution < -0.4 is 5.73 Å². The van der Waals surface area contributed by atoms with Crippen molar-refractivity contribution in [2.75, 3.05) is 25.5 Å². The first kappa shape index (κ1) is 10.9. The van der Waals surface area contributed by atoms with E-state index in [-0.39, 0.29) is 18.3 Å². The van der Waals surface area contributed by atoms with Gasteiger partial charge >= 0.3 is 0 Å². The molecule has 0 atom stereocenters. The Morgan fingerprint density at radius 2 is 2.19 bits per heavy atom. The van der Waals surface area contributed by atoms with E-state index in [1.807, 2.05) is 0 Å². The molecule has 0 aliphatic carbocycles. The highest BCUT2D eigenvalue weighted by molar-refractivity contribution is 5.98. The number of rotatable bonds is 3. The van der Waals surface area contributed by atoms with Crippen LogP contribution in [-0.4, -0.2) is 40.4 Å². The number of carbonyl (C=O) groups excluding carboxylic acids is 1. The summed E-state index contributed by atoms with van der Waals surface area (Å²) >= 11 is 0. The van der Waals surface area contributed by atoms with E-state index in [1.165, 1.54) is 10.9 Å². The van der Waals surface area contributed by atoms with Crippen LogP contribution in [0, 0.1) is 0 Å². The third-order valence-electron chi connectivity index (χ3n) is 2.73. The molecule has 1 aromatic heterocycles. The first-order valence-electron chi connectivity index (χ1n) is 5.40. The van der Waals surface area contributed by atoms with Gasteiger partial charge in [-0.05, 0) is 12.8 Å². The molecule has 2 N–H and O–H groups in total. The van der Waals surface area contributed by atoms with Crippen LogP contribution in [0.25, 0.3) is 0 Å². The molecule has 2 heterocycles. The lowest BCUT2D eigenvalue weighted by molar-refractivity contribution is 0.0793. The number of carbonyl (C=O) groups is 1. The number of aromatic nitrogens is 2. The topological polar surface area (TPSA) is 64.1 Å². The van der Waals surface area contributed by atoms with Crippen molar-refractivity contribution in [3.8, 4) is 0 Å². The molecular weight excluding hydrogens is 211 g/mol. The van der Waals surface area contributed by atoms with Crippen LogP contribution in [0.15, 0.2) is 6.20 Å². The lowest BCUT2D eigenvalue weighted by atomic mass is 10.3. The molecule has 0 unspecified atom stereocenters. The summed E-state index contributed by atoms with van der Waals surface area (Å²) in [4.78, 5) is 13.7. The Morgan fingerprint density at radius 3 is 2.81 bits per heavy atom. The molecule has 0 bridgehead atoms. The zero-order valence-electron chi connectivity index (χ0n) is 9.03. The minimum atomic E-state index is -0.515. The van der Waals surface area contributed by atoms with E-state index >= 15 is 0 Å². The van der Waals surface area contributed by atoms with Crippen LogP contribution in [0.2, 0.25) is 0 Å². The fraction of sp³-hybridized carbons (Fsp3) is 0.600. The molecule has 0 spiro atoms. The van der Waals surface area contributed by atoms with Gasteiger partial charge in [0, 0.05) is 19.3 Å². The number of aryl methyl sites for hydroxylation is 1. The second-order valence-corrected chi connectivity index (χ2v) is 3.88. The molecule has 88 valence electrons. The monoisotopic (exact) mass is 226 g/mol. The van der Waals surface area contributed by atoms with Crippen LogP contribution in [-0.2, 0) is 6.54 Å². The maximum Gasteiger partial charge on any atom is 0.259 e. The summed E-state index contributed by atoms with van der Waals surface area (Å²) < 4.78 is 13.5. The largest absolute Gasteiger partial charge is 0.382 e. The number of halogens is 1. The lowest BCUT2D eigenvalue weighted by Gasteiger charge is -2.13. The molecule has 16 heavy (non-hydrogen) atoms. The SMILES string of the molecule is Nc1nn(CCF)cc1C(=O)N1CCCC1. The Hall–Kier alpha value is -1.59. The molecule has 1 saturated heterocycles. The van der Waals surface area contributed by atoms with Crippen LogP contribution >= 0.6 is 0 Å². The highest BCUT2D eigenvalue weighted by Crippen LogP contribution is 2.16. The van der Waals surface area contributed by atoms with Crippen molar-refractivity contribution < 1.29 is 9.18 Å². The van der Waals surface area contributed by atoms with Crippen molar-refractivity contribution in [3.63, 3.8) is 0 Å². The number of anilines is 1. The van der Waals surface area contributed by atoms with E-state index in [1.54, 1.807) is 4.90 Å². The highest BCUT2D eigenvalue weighted by atomic mass is 19.1. The molecule has 2 rings (SSSR count). The van der Waals surface area contributed by atoms with Crippen molar-refractivity contribution in [2.45, 2.75) is 19.4 Å². The summed E-state index contributed by atoms with van der Waals surface area (Å²) in [5.41, 5.74) is 6.02. The second kappa shape index (κ2) is 4.51. The van der Waals surface area contributed by atoms with Gasteiger partial charge in [0.1, 0.15) is 12.2 Å². The third kappa shape index (κ3) is 2.00. The Bertz CT molecular complexity index is 384. The number of hydrogen-bond acceptors (Lipinski definition) is 3.